The fourth-order valence-electron chi connectivity index (χ4n) is 1.53. The molecule has 0 saturated carbocycles. The summed E-state index contributed by atoms with van der Waals surface area (Å²) in [5.41, 5.74) is 0.418. The molecule has 0 radical (unpaired) electrons. The zero-order valence-corrected chi connectivity index (χ0v) is 13.0. The smallest absolute Gasteiger partial charge is 0.196 e. The molecule has 0 aliphatic heterocycles. The minimum Gasteiger partial charge on any atom is -0.196 e. The summed E-state index contributed by atoms with van der Waals surface area (Å²) in [4.78, 5) is 0. The second kappa shape index (κ2) is 8.07. The molecule has 2 aromatic carbocycles. The van der Waals surface area contributed by atoms with E-state index in [0.29, 0.717) is 0 Å². The number of aryl methyl sites for hydroxylation is 1. The Labute approximate surface area is 136 Å². The maximum absolute atomic E-state index is 12.4. The molecule has 116 valence electrons. The monoisotopic (exact) mass is 345 g/mol. The zero-order chi connectivity index (χ0) is 16.8. The highest BCUT2D eigenvalue weighted by Gasteiger charge is 2.33. The van der Waals surface area contributed by atoms with Crippen molar-refractivity contribution in [3.8, 4) is 6.07 Å². The van der Waals surface area contributed by atoms with Crippen LogP contribution in [0.2, 0.25) is 5.02 Å². The molecule has 0 fully saturated rings. The van der Waals surface area contributed by atoms with Crippen molar-refractivity contribution >= 4 is 23.2 Å². The van der Waals surface area contributed by atoms with E-state index in [-0.39, 0.29) is 5.56 Å². The highest BCUT2D eigenvalue weighted by molar-refractivity contribution is 6.31. The molecule has 1 atom stereocenters. The largest absolute Gasteiger partial charge is 0.417 e. The van der Waals surface area contributed by atoms with Crippen LogP contribution in [0.5, 0.6) is 0 Å². The SMILES string of the molecule is Cc1ccccc1.N#CC(Cl)c1ccc(Cl)c(C(F)(F)F)c1. The Morgan fingerprint density at radius 1 is 1.09 bits per heavy atom. The lowest BCUT2D eigenvalue weighted by molar-refractivity contribution is -0.137. The van der Waals surface area contributed by atoms with E-state index in [1.807, 2.05) is 18.2 Å². The third kappa shape index (κ3) is 5.59. The van der Waals surface area contributed by atoms with Crippen LogP contribution >= 0.6 is 23.2 Å². The molecule has 6 heteroatoms. The Balaban J connectivity index is 0.000000287. The van der Waals surface area contributed by atoms with E-state index in [1.165, 1.54) is 11.6 Å². The maximum Gasteiger partial charge on any atom is 0.417 e. The fraction of sp³-hybridized carbons (Fsp3) is 0.188. The lowest BCUT2D eigenvalue weighted by atomic mass is 10.1. The Morgan fingerprint density at radius 3 is 2.09 bits per heavy atom. The first-order chi connectivity index (χ1) is 10.3. The van der Waals surface area contributed by atoms with Crippen molar-refractivity contribution in [3.05, 3.63) is 70.2 Å². The average Bonchev–Trinajstić information content (AvgIpc) is 2.47. The molecule has 1 unspecified atom stereocenters. The predicted octanol–water partition coefficient (Wildman–Crippen LogP) is 6.16. The van der Waals surface area contributed by atoms with Crippen molar-refractivity contribution in [2.75, 3.05) is 0 Å². The van der Waals surface area contributed by atoms with Gasteiger partial charge in [0.2, 0.25) is 0 Å². The number of alkyl halides is 4. The number of nitrogens with zero attached hydrogens (tertiary/aromatic N) is 1. The quantitative estimate of drug-likeness (QED) is 0.568. The van der Waals surface area contributed by atoms with Gasteiger partial charge in [0, 0.05) is 0 Å². The normalized spacial score (nSPS) is 11.9. The molecule has 1 nitrogen and oxygen atoms in total. The number of rotatable bonds is 1. The summed E-state index contributed by atoms with van der Waals surface area (Å²) in [5, 5.41) is 6.94. The number of nitriles is 1. The van der Waals surface area contributed by atoms with Crippen LogP contribution in [-0.4, -0.2) is 0 Å². The molecule has 0 N–H and O–H groups in total. The van der Waals surface area contributed by atoms with E-state index in [4.69, 9.17) is 28.5 Å². The van der Waals surface area contributed by atoms with Crippen molar-refractivity contribution in [2.24, 2.45) is 0 Å². The third-order valence-corrected chi connectivity index (χ3v) is 3.32. The molecule has 0 bridgehead atoms. The molecule has 0 spiro atoms. The number of hydrogen-bond acceptors (Lipinski definition) is 1. The van der Waals surface area contributed by atoms with Crippen molar-refractivity contribution in [1.29, 1.82) is 5.26 Å². The standard InChI is InChI=1S/C9H4Cl2F3N.C7H8/c10-7-2-1-5(8(11)4-15)3-6(7)9(12,13)14;1-7-5-3-2-4-6-7/h1-3,8H;2-6H,1H3. The van der Waals surface area contributed by atoms with E-state index in [9.17, 15) is 13.2 Å². The summed E-state index contributed by atoms with van der Waals surface area (Å²) in [6, 6.07) is 15.0. The first-order valence-corrected chi connectivity index (χ1v) is 6.99. The van der Waals surface area contributed by atoms with Crippen LogP contribution in [0.25, 0.3) is 0 Å². The average molecular weight is 346 g/mol. The van der Waals surface area contributed by atoms with Crippen molar-refractivity contribution in [3.63, 3.8) is 0 Å². The van der Waals surface area contributed by atoms with Gasteiger partial charge >= 0.3 is 6.18 Å². The van der Waals surface area contributed by atoms with Gasteiger partial charge in [-0.2, -0.15) is 18.4 Å². The van der Waals surface area contributed by atoms with E-state index in [1.54, 1.807) is 6.07 Å². The number of halogens is 5. The van der Waals surface area contributed by atoms with Gasteiger partial charge in [-0.1, -0.05) is 53.6 Å². The second-order valence-electron chi connectivity index (χ2n) is 4.38. The van der Waals surface area contributed by atoms with Gasteiger partial charge in [0.05, 0.1) is 16.7 Å². The summed E-state index contributed by atoms with van der Waals surface area (Å²) in [7, 11) is 0. The molecular formula is C16H12Cl2F3N. The second-order valence-corrected chi connectivity index (χ2v) is 5.23. The van der Waals surface area contributed by atoms with E-state index in [0.717, 1.165) is 12.1 Å². The van der Waals surface area contributed by atoms with Crippen molar-refractivity contribution in [2.45, 2.75) is 18.5 Å². The summed E-state index contributed by atoms with van der Waals surface area (Å²) >= 11 is 10.9. The highest BCUT2D eigenvalue weighted by Crippen LogP contribution is 2.36. The van der Waals surface area contributed by atoms with E-state index in [2.05, 4.69) is 19.1 Å². The summed E-state index contributed by atoms with van der Waals surface area (Å²) in [5.74, 6) is 0. The lowest BCUT2D eigenvalue weighted by Crippen LogP contribution is -2.06. The summed E-state index contributed by atoms with van der Waals surface area (Å²) in [6.07, 6.45) is -4.54. The van der Waals surface area contributed by atoms with Gasteiger partial charge in [-0.15, -0.1) is 11.6 Å². The van der Waals surface area contributed by atoms with Gasteiger partial charge < -0.3 is 0 Å². The first kappa shape index (κ1) is 18.3. The maximum atomic E-state index is 12.4. The fourth-order valence-corrected chi connectivity index (χ4v) is 1.89. The molecular weight excluding hydrogens is 334 g/mol. The molecule has 0 heterocycles. The minimum absolute atomic E-state index is 0.0795. The van der Waals surface area contributed by atoms with Gasteiger partial charge in [-0.25, -0.2) is 0 Å². The number of hydrogen-bond donors (Lipinski definition) is 0. The Kier molecular flexibility index (Phi) is 6.73. The third-order valence-electron chi connectivity index (χ3n) is 2.64. The topological polar surface area (TPSA) is 23.8 Å². The predicted molar refractivity (Wildman–Crippen MR) is 81.8 cm³/mol. The van der Waals surface area contributed by atoms with Crippen LogP contribution in [0.3, 0.4) is 0 Å². The molecule has 0 aromatic heterocycles. The van der Waals surface area contributed by atoms with Crippen molar-refractivity contribution in [1.82, 2.24) is 0 Å². The molecule has 2 aromatic rings. The zero-order valence-electron chi connectivity index (χ0n) is 11.5. The van der Waals surface area contributed by atoms with Gasteiger partial charge in [0.1, 0.15) is 5.38 Å². The van der Waals surface area contributed by atoms with Crippen LogP contribution in [0.4, 0.5) is 13.2 Å². The molecule has 0 aliphatic rings. The summed E-state index contributed by atoms with van der Waals surface area (Å²) < 4.78 is 37.2. The molecule has 22 heavy (non-hydrogen) atoms. The van der Waals surface area contributed by atoms with Gasteiger partial charge in [-0.3, -0.25) is 0 Å². The molecule has 0 aliphatic carbocycles. The van der Waals surface area contributed by atoms with Gasteiger partial charge in [0.15, 0.2) is 0 Å². The lowest BCUT2D eigenvalue weighted by Gasteiger charge is -2.10. The molecule has 0 saturated heterocycles. The van der Waals surface area contributed by atoms with E-state index < -0.39 is 22.1 Å². The first-order valence-electron chi connectivity index (χ1n) is 6.17. The van der Waals surface area contributed by atoms with Crippen LogP contribution < -0.4 is 0 Å². The Bertz CT molecular complexity index is 649. The van der Waals surface area contributed by atoms with Gasteiger partial charge in [0.25, 0.3) is 0 Å². The molecule has 0 amide bonds. The Hall–Kier alpha value is -1.70. The van der Waals surface area contributed by atoms with Crippen molar-refractivity contribution < 1.29 is 13.2 Å². The van der Waals surface area contributed by atoms with Crippen LogP contribution in [-0.2, 0) is 6.18 Å². The van der Waals surface area contributed by atoms with Gasteiger partial charge in [-0.05, 0) is 24.6 Å². The van der Waals surface area contributed by atoms with Crippen LogP contribution in [0.1, 0.15) is 22.1 Å². The highest BCUT2D eigenvalue weighted by atomic mass is 35.5. The summed E-state index contributed by atoms with van der Waals surface area (Å²) in [6.45, 7) is 2.08. The van der Waals surface area contributed by atoms with E-state index >= 15 is 0 Å². The Morgan fingerprint density at radius 2 is 1.68 bits per heavy atom. The van der Waals surface area contributed by atoms with Crippen LogP contribution in [0, 0.1) is 18.3 Å². The molecule has 2 rings (SSSR count). The number of benzene rings is 2. The minimum atomic E-state index is -4.54. The van der Waals surface area contributed by atoms with Crippen LogP contribution in [0.15, 0.2) is 48.5 Å².